The Balaban J connectivity index is 3.44. The molecule has 3 N–H and O–H groups in total. The van der Waals surface area contributed by atoms with Crippen LogP contribution in [0.5, 0.6) is 0 Å². The molecule has 0 aromatic rings. The zero-order chi connectivity index (χ0) is 6.57. The van der Waals surface area contributed by atoms with E-state index in [1.807, 2.05) is 0 Å². The van der Waals surface area contributed by atoms with Crippen LogP contribution in [0.1, 0.15) is 6.92 Å². The van der Waals surface area contributed by atoms with Crippen LogP contribution in [-0.4, -0.2) is 24.0 Å². The molecule has 0 radical (unpaired) electrons. The molecule has 0 aliphatic rings. The number of aldehydes is 1. The average molecular weight is 117 g/mol. The number of nitrogens with two attached hydrogens (primary N) is 1. The molecule has 2 atom stereocenters. The SMILES string of the molecule is CC(CN)C(O)C=O. The second-order valence-corrected chi connectivity index (χ2v) is 1.84. The predicted octanol–water partition coefficient (Wildman–Crippen LogP) is -0.859. The van der Waals surface area contributed by atoms with Crippen molar-refractivity contribution in [1.82, 2.24) is 0 Å². The van der Waals surface area contributed by atoms with Crippen LogP contribution in [-0.2, 0) is 4.79 Å². The van der Waals surface area contributed by atoms with Gasteiger partial charge in [0.15, 0.2) is 0 Å². The lowest BCUT2D eigenvalue weighted by Crippen LogP contribution is -2.25. The van der Waals surface area contributed by atoms with Crippen LogP contribution < -0.4 is 5.73 Å². The van der Waals surface area contributed by atoms with Crippen molar-refractivity contribution in [3.05, 3.63) is 0 Å². The van der Waals surface area contributed by atoms with Gasteiger partial charge in [0.1, 0.15) is 12.4 Å². The molecular weight excluding hydrogens is 106 g/mol. The molecule has 8 heavy (non-hydrogen) atoms. The number of carbonyl (C=O) groups is 1. The molecule has 3 heteroatoms. The maximum Gasteiger partial charge on any atom is 0.148 e. The van der Waals surface area contributed by atoms with Gasteiger partial charge >= 0.3 is 0 Å². The highest BCUT2D eigenvalue weighted by Gasteiger charge is 2.09. The van der Waals surface area contributed by atoms with Gasteiger partial charge in [-0.3, -0.25) is 0 Å². The lowest BCUT2D eigenvalue weighted by Gasteiger charge is -2.08. The van der Waals surface area contributed by atoms with Gasteiger partial charge in [-0.2, -0.15) is 0 Å². The number of carbonyl (C=O) groups excluding carboxylic acids is 1. The third kappa shape index (κ3) is 2.04. The van der Waals surface area contributed by atoms with Crippen LogP contribution in [0.25, 0.3) is 0 Å². The van der Waals surface area contributed by atoms with E-state index in [2.05, 4.69) is 0 Å². The van der Waals surface area contributed by atoms with Gasteiger partial charge in [0.25, 0.3) is 0 Å². The number of rotatable bonds is 3. The highest BCUT2D eigenvalue weighted by Crippen LogP contribution is 1.95. The molecule has 0 fully saturated rings. The Kier molecular flexibility index (Phi) is 3.39. The van der Waals surface area contributed by atoms with Gasteiger partial charge in [-0.05, 0) is 6.54 Å². The van der Waals surface area contributed by atoms with Crippen LogP contribution in [0, 0.1) is 5.92 Å². The normalized spacial score (nSPS) is 17.4. The molecule has 0 spiro atoms. The van der Waals surface area contributed by atoms with Crippen molar-refractivity contribution < 1.29 is 9.90 Å². The van der Waals surface area contributed by atoms with E-state index >= 15 is 0 Å². The first-order chi connectivity index (χ1) is 3.72. The first kappa shape index (κ1) is 7.59. The van der Waals surface area contributed by atoms with E-state index in [1.165, 1.54) is 0 Å². The van der Waals surface area contributed by atoms with E-state index in [0.717, 1.165) is 0 Å². The maximum absolute atomic E-state index is 9.80. The second-order valence-electron chi connectivity index (χ2n) is 1.84. The largest absolute Gasteiger partial charge is 0.385 e. The Morgan fingerprint density at radius 3 is 2.50 bits per heavy atom. The van der Waals surface area contributed by atoms with Crippen LogP contribution in [0.3, 0.4) is 0 Å². The number of aliphatic hydroxyl groups excluding tert-OH is 1. The molecule has 0 amide bonds. The Morgan fingerprint density at radius 1 is 1.88 bits per heavy atom. The first-order valence-electron chi connectivity index (χ1n) is 2.55. The molecular formula is C5H11NO2. The van der Waals surface area contributed by atoms with Crippen LogP contribution >= 0.6 is 0 Å². The molecule has 0 rings (SSSR count). The van der Waals surface area contributed by atoms with E-state index in [4.69, 9.17) is 10.8 Å². The quantitative estimate of drug-likeness (QED) is 0.473. The number of hydrogen-bond acceptors (Lipinski definition) is 3. The van der Waals surface area contributed by atoms with Gasteiger partial charge in [0.2, 0.25) is 0 Å². The summed E-state index contributed by atoms with van der Waals surface area (Å²) in [6.07, 6.45) is -0.391. The molecule has 0 aliphatic carbocycles. The van der Waals surface area contributed by atoms with Crippen LogP contribution in [0.15, 0.2) is 0 Å². The Bertz CT molecular complexity index is 74.8. The zero-order valence-corrected chi connectivity index (χ0v) is 4.87. The van der Waals surface area contributed by atoms with E-state index in [1.54, 1.807) is 6.92 Å². The maximum atomic E-state index is 9.80. The van der Waals surface area contributed by atoms with Crippen molar-refractivity contribution >= 4 is 6.29 Å². The zero-order valence-electron chi connectivity index (χ0n) is 4.87. The van der Waals surface area contributed by atoms with E-state index < -0.39 is 6.10 Å². The van der Waals surface area contributed by atoms with Gasteiger partial charge in [-0.1, -0.05) is 6.92 Å². The van der Waals surface area contributed by atoms with Crippen LogP contribution in [0.2, 0.25) is 0 Å². The summed E-state index contributed by atoms with van der Waals surface area (Å²) in [5, 5.41) is 8.68. The summed E-state index contributed by atoms with van der Waals surface area (Å²) >= 11 is 0. The predicted molar refractivity (Wildman–Crippen MR) is 30.3 cm³/mol. The summed E-state index contributed by atoms with van der Waals surface area (Å²) < 4.78 is 0. The Morgan fingerprint density at radius 2 is 2.38 bits per heavy atom. The number of hydrogen-bond donors (Lipinski definition) is 2. The molecule has 48 valence electrons. The lowest BCUT2D eigenvalue weighted by atomic mass is 10.1. The molecule has 0 heterocycles. The summed E-state index contributed by atoms with van der Waals surface area (Å²) in [7, 11) is 0. The van der Waals surface area contributed by atoms with Crippen LogP contribution in [0.4, 0.5) is 0 Å². The third-order valence-electron chi connectivity index (χ3n) is 1.09. The fraction of sp³-hybridized carbons (Fsp3) is 0.800. The fourth-order valence-corrected chi connectivity index (χ4v) is 0.274. The minimum absolute atomic E-state index is 0.118. The van der Waals surface area contributed by atoms with Gasteiger partial charge in [0.05, 0.1) is 0 Å². The highest BCUT2D eigenvalue weighted by atomic mass is 16.3. The van der Waals surface area contributed by atoms with Crippen molar-refractivity contribution in [3.63, 3.8) is 0 Å². The molecule has 0 saturated heterocycles. The summed E-state index contributed by atoms with van der Waals surface area (Å²) in [5.41, 5.74) is 5.13. The second kappa shape index (κ2) is 3.57. The lowest BCUT2D eigenvalue weighted by molar-refractivity contribution is -0.116. The minimum Gasteiger partial charge on any atom is -0.385 e. The smallest absolute Gasteiger partial charge is 0.148 e. The molecule has 0 aliphatic heterocycles. The van der Waals surface area contributed by atoms with Crippen molar-refractivity contribution in [3.8, 4) is 0 Å². The topological polar surface area (TPSA) is 63.3 Å². The van der Waals surface area contributed by atoms with Crippen molar-refractivity contribution in [2.24, 2.45) is 11.7 Å². The third-order valence-corrected chi connectivity index (χ3v) is 1.09. The Labute approximate surface area is 48.5 Å². The van der Waals surface area contributed by atoms with Crippen molar-refractivity contribution in [1.29, 1.82) is 0 Å². The fourth-order valence-electron chi connectivity index (χ4n) is 0.274. The monoisotopic (exact) mass is 117 g/mol. The van der Waals surface area contributed by atoms with E-state index in [-0.39, 0.29) is 5.92 Å². The molecule has 0 aromatic carbocycles. The number of aliphatic hydroxyl groups is 1. The van der Waals surface area contributed by atoms with Gasteiger partial charge in [-0.25, -0.2) is 0 Å². The summed E-state index contributed by atoms with van der Waals surface area (Å²) in [6.45, 7) is 2.07. The molecule has 0 saturated carbocycles. The highest BCUT2D eigenvalue weighted by molar-refractivity contribution is 5.55. The van der Waals surface area contributed by atoms with Gasteiger partial charge in [0, 0.05) is 5.92 Å². The summed E-state index contributed by atoms with van der Waals surface area (Å²) in [6, 6.07) is 0. The molecule has 2 unspecified atom stereocenters. The molecule has 0 aromatic heterocycles. The van der Waals surface area contributed by atoms with Gasteiger partial charge < -0.3 is 15.6 Å². The Hall–Kier alpha value is -0.410. The molecule has 0 bridgehead atoms. The van der Waals surface area contributed by atoms with Crippen molar-refractivity contribution in [2.45, 2.75) is 13.0 Å². The first-order valence-corrected chi connectivity index (χ1v) is 2.55. The summed E-state index contributed by atoms with van der Waals surface area (Å²) in [4.78, 5) is 9.80. The van der Waals surface area contributed by atoms with Crippen molar-refractivity contribution in [2.75, 3.05) is 6.54 Å². The summed E-state index contributed by atoms with van der Waals surface area (Å²) in [5.74, 6) is -0.118. The minimum atomic E-state index is -0.889. The molecule has 3 nitrogen and oxygen atoms in total. The standard InChI is InChI=1S/C5H11NO2/c1-4(2-6)5(8)3-7/h3-5,8H,2,6H2,1H3. The van der Waals surface area contributed by atoms with E-state index in [9.17, 15) is 4.79 Å². The van der Waals surface area contributed by atoms with Gasteiger partial charge in [-0.15, -0.1) is 0 Å². The van der Waals surface area contributed by atoms with E-state index in [0.29, 0.717) is 12.8 Å². The average Bonchev–Trinajstić information content (AvgIpc) is 1.84.